The Morgan fingerprint density at radius 3 is 2.78 bits per heavy atom. The Morgan fingerprint density at radius 2 is 2.00 bits per heavy atom. The number of aromatic nitrogens is 5. The average molecular weight is 440 g/mol. The molecule has 0 spiro atoms. The summed E-state index contributed by atoms with van der Waals surface area (Å²) in [7, 11) is 4.05. The van der Waals surface area contributed by atoms with Crippen LogP contribution in [0.2, 0.25) is 0 Å². The first-order chi connectivity index (χ1) is 15.5. The topological polar surface area (TPSA) is 102 Å². The molecular weight excluding hydrogens is 410 g/mol. The van der Waals surface area contributed by atoms with E-state index in [1.807, 2.05) is 35.8 Å². The summed E-state index contributed by atoms with van der Waals surface area (Å²) in [5.41, 5.74) is 0.651. The molecule has 0 bridgehead atoms. The molecule has 1 atom stereocenters. The molecule has 1 saturated carbocycles. The number of oxazole rings is 1. The highest BCUT2D eigenvalue weighted by Gasteiger charge is 2.45. The molecule has 1 aliphatic heterocycles. The minimum Gasteiger partial charge on any atom is -0.408 e. The van der Waals surface area contributed by atoms with Gasteiger partial charge >= 0.3 is 5.76 Å². The minimum absolute atomic E-state index is 0.0487. The van der Waals surface area contributed by atoms with E-state index in [9.17, 15) is 9.59 Å². The zero-order chi connectivity index (χ0) is 22.3. The predicted molar refractivity (Wildman–Crippen MR) is 117 cm³/mol. The number of likely N-dealkylation sites (N-methyl/N-ethyl adjacent to an activating group) is 1. The summed E-state index contributed by atoms with van der Waals surface area (Å²) in [6, 6.07) is 7.49. The van der Waals surface area contributed by atoms with Gasteiger partial charge in [0.1, 0.15) is 12.1 Å². The number of carbonyl (C=O) groups is 1. The third-order valence-corrected chi connectivity index (χ3v) is 7.13. The third-order valence-electron chi connectivity index (χ3n) is 7.13. The SMILES string of the molecule is CN(C)C1(c2nnnn2C2CCCC2)CCCN(C(=O)Cn2c(=O)oc3ccccc32)C1. The number of amides is 1. The molecule has 3 heterocycles. The number of para-hydroxylation sites is 2. The molecule has 1 aliphatic carbocycles. The fraction of sp³-hybridized carbons (Fsp3) is 0.591. The molecule has 1 amide bonds. The van der Waals surface area contributed by atoms with Crippen LogP contribution in [-0.4, -0.2) is 67.7 Å². The molecule has 10 nitrogen and oxygen atoms in total. The Balaban J connectivity index is 1.43. The number of tetrazole rings is 1. The van der Waals surface area contributed by atoms with Crippen molar-refractivity contribution in [3.05, 3.63) is 40.6 Å². The second-order valence-electron chi connectivity index (χ2n) is 9.15. The highest BCUT2D eigenvalue weighted by molar-refractivity contribution is 5.79. The van der Waals surface area contributed by atoms with Crippen LogP contribution in [-0.2, 0) is 16.9 Å². The maximum absolute atomic E-state index is 13.3. The highest BCUT2D eigenvalue weighted by Crippen LogP contribution is 2.38. The quantitative estimate of drug-likeness (QED) is 0.597. The molecule has 1 saturated heterocycles. The number of likely N-dealkylation sites (tertiary alicyclic amines) is 1. The van der Waals surface area contributed by atoms with Crippen molar-refractivity contribution in [2.75, 3.05) is 27.2 Å². The molecule has 2 aliphatic rings. The lowest BCUT2D eigenvalue weighted by Crippen LogP contribution is -2.57. The van der Waals surface area contributed by atoms with Crippen molar-refractivity contribution < 1.29 is 9.21 Å². The van der Waals surface area contributed by atoms with Gasteiger partial charge in [-0.05, 0) is 62.3 Å². The summed E-state index contributed by atoms with van der Waals surface area (Å²) < 4.78 is 8.70. The summed E-state index contributed by atoms with van der Waals surface area (Å²) in [6.45, 7) is 1.08. The van der Waals surface area contributed by atoms with E-state index in [4.69, 9.17) is 4.42 Å². The van der Waals surface area contributed by atoms with Crippen molar-refractivity contribution in [2.45, 2.75) is 56.7 Å². The Labute approximate surface area is 185 Å². The van der Waals surface area contributed by atoms with Crippen molar-refractivity contribution in [1.82, 2.24) is 34.6 Å². The zero-order valence-corrected chi connectivity index (χ0v) is 18.6. The molecular formula is C22H29N7O3. The first kappa shape index (κ1) is 20.9. The van der Waals surface area contributed by atoms with Crippen molar-refractivity contribution >= 4 is 17.0 Å². The number of benzene rings is 1. The lowest BCUT2D eigenvalue weighted by atomic mass is 9.86. The second kappa shape index (κ2) is 8.16. The third kappa shape index (κ3) is 3.42. The van der Waals surface area contributed by atoms with Crippen LogP contribution >= 0.6 is 0 Å². The van der Waals surface area contributed by atoms with Crippen molar-refractivity contribution in [2.24, 2.45) is 0 Å². The van der Waals surface area contributed by atoms with Crippen LogP contribution in [0, 0.1) is 0 Å². The van der Waals surface area contributed by atoms with Gasteiger partial charge < -0.3 is 9.32 Å². The van der Waals surface area contributed by atoms with Crippen LogP contribution < -0.4 is 5.76 Å². The van der Waals surface area contributed by atoms with Gasteiger partial charge in [-0.3, -0.25) is 14.3 Å². The molecule has 3 aromatic rings. The lowest BCUT2D eigenvalue weighted by Gasteiger charge is -2.46. The fourth-order valence-electron chi connectivity index (χ4n) is 5.29. The van der Waals surface area contributed by atoms with Gasteiger partial charge in [0.05, 0.1) is 11.6 Å². The van der Waals surface area contributed by atoms with Crippen LogP contribution in [0.5, 0.6) is 0 Å². The van der Waals surface area contributed by atoms with Gasteiger partial charge in [-0.2, -0.15) is 0 Å². The number of hydrogen-bond acceptors (Lipinski definition) is 7. The molecule has 1 unspecified atom stereocenters. The van der Waals surface area contributed by atoms with E-state index >= 15 is 0 Å². The largest absolute Gasteiger partial charge is 0.420 e. The monoisotopic (exact) mass is 439 g/mol. The van der Waals surface area contributed by atoms with E-state index in [1.165, 1.54) is 17.4 Å². The molecule has 32 heavy (non-hydrogen) atoms. The van der Waals surface area contributed by atoms with Crippen molar-refractivity contribution in [3.63, 3.8) is 0 Å². The molecule has 2 fully saturated rings. The first-order valence-electron chi connectivity index (χ1n) is 11.3. The smallest absolute Gasteiger partial charge is 0.408 e. The molecule has 2 aromatic heterocycles. The van der Waals surface area contributed by atoms with Crippen LogP contribution in [0.1, 0.15) is 50.4 Å². The summed E-state index contributed by atoms with van der Waals surface area (Å²) in [6.07, 6.45) is 6.25. The maximum Gasteiger partial charge on any atom is 0.420 e. The molecule has 5 rings (SSSR count). The molecule has 1 aromatic carbocycles. The van der Waals surface area contributed by atoms with Gasteiger partial charge in [0, 0.05) is 13.1 Å². The Hall–Kier alpha value is -3.01. The first-order valence-corrected chi connectivity index (χ1v) is 11.3. The van der Waals surface area contributed by atoms with E-state index in [2.05, 4.69) is 20.4 Å². The number of rotatable bonds is 5. The number of piperidine rings is 1. The van der Waals surface area contributed by atoms with Gasteiger partial charge in [0.15, 0.2) is 11.4 Å². The second-order valence-corrected chi connectivity index (χ2v) is 9.15. The normalized spacial score (nSPS) is 22.3. The minimum atomic E-state index is -0.513. The number of fused-ring (bicyclic) bond motifs is 1. The van der Waals surface area contributed by atoms with Crippen LogP contribution in [0.15, 0.2) is 33.5 Å². The van der Waals surface area contributed by atoms with Gasteiger partial charge in [-0.1, -0.05) is 25.0 Å². The molecule has 10 heteroatoms. The predicted octanol–water partition coefficient (Wildman–Crippen LogP) is 1.78. The van der Waals surface area contributed by atoms with Crippen LogP contribution in [0.25, 0.3) is 11.1 Å². The Morgan fingerprint density at radius 1 is 1.22 bits per heavy atom. The van der Waals surface area contributed by atoms with Gasteiger partial charge in [-0.15, -0.1) is 5.10 Å². The van der Waals surface area contributed by atoms with Crippen LogP contribution in [0.3, 0.4) is 0 Å². The molecule has 0 radical (unpaired) electrons. The van der Waals surface area contributed by atoms with Gasteiger partial charge in [0.2, 0.25) is 5.91 Å². The Kier molecular flexibility index (Phi) is 5.32. The van der Waals surface area contributed by atoms with Crippen LogP contribution in [0.4, 0.5) is 0 Å². The van der Waals surface area contributed by atoms with Gasteiger partial charge in [-0.25, -0.2) is 9.48 Å². The van der Waals surface area contributed by atoms with E-state index in [-0.39, 0.29) is 12.5 Å². The summed E-state index contributed by atoms with van der Waals surface area (Å²) in [5.74, 6) is 0.211. The van der Waals surface area contributed by atoms with E-state index < -0.39 is 11.3 Å². The number of carbonyl (C=O) groups excluding carboxylic acids is 1. The van der Waals surface area contributed by atoms with Gasteiger partial charge in [0.25, 0.3) is 0 Å². The average Bonchev–Trinajstić information content (AvgIpc) is 3.54. The standard InChI is InChI=1S/C22H29N7O3/c1-26(2)22(20-23-24-25-29(20)16-8-3-4-9-16)12-7-13-27(15-22)19(30)14-28-17-10-5-6-11-18(17)32-21(28)31/h5-6,10-11,16H,3-4,7-9,12-15H2,1-2H3. The fourth-order valence-corrected chi connectivity index (χ4v) is 5.29. The summed E-state index contributed by atoms with van der Waals surface area (Å²) in [4.78, 5) is 29.7. The van der Waals surface area contributed by atoms with Crippen molar-refractivity contribution in [3.8, 4) is 0 Å². The van der Waals surface area contributed by atoms with E-state index in [0.29, 0.717) is 30.2 Å². The number of nitrogens with zero attached hydrogens (tertiary/aromatic N) is 7. The van der Waals surface area contributed by atoms with E-state index in [1.54, 1.807) is 12.1 Å². The lowest BCUT2D eigenvalue weighted by molar-refractivity contribution is -0.136. The van der Waals surface area contributed by atoms with Crippen molar-refractivity contribution in [1.29, 1.82) is 0 Å². The highest BCUT2D eigenvalue weighted by atomic mass is 16.4. The maximum atomic E-state index is 13.3. The zero-order valence-electron chi connectivity index (χ0n) is 18.6. The van der Waals surface area contributed by atoms with E-state index in [0.717, 1.165) is 31.5 Å². The summed E-state index contributed by atoms with van der Waals surface area (Å²) in [5, 5.41) is 12.8. The molecule has 170 valence electrons. The number of hydrogen-bond donors (Lipinski definition) is 0. The molecule has 0 N–H and O–H groups in total. The Bertz CT molecular complexity index is 1170. The summed E-state index contributed by atoms with van der Waals surface area (Å²) >= 11 is 0.